The third kappa shape index (κ3) is 4.33. The van der Waals surface area contributed by atoms with Crippen molar-refractivity contribution in [3.63, 3.8) is 0 Å². The van der Waals surface area contributed by atoms with Gasteiger partial charge in [-0.2, -0.15) is 0 Å². The first-order valence-electron chi connectivity index (χ1n) is 7.92. The summed E-state index contributed by atoms with van der Waals surface area (Å²) in [5.41, 5.74) is 2.00. The minimum absolute atomic E-state index is 0.186. The van der Waals surface area contributed by atoms with Gasteiger partial charge in [-0.15, -0.1) is 0 Å². The Morgan fingerprint density at radius 2 is 1.75 bits per heavy atom. The summed E-state index contributed by atoms with van der Waals surface area (Å²) in [4.78, 5) is 0. The molecule has 2 rings (SSSR count). The largest absolute Gasteiger partial charge is 0.311 e. The Labute approximate surface area is 132 Å². The number of hydrogen-bond acceptors (Lipinski definition) is 1. The van der Waals surface area contributed by atoms with Crippen LogP contribution in [0.5, 0.6) is 0 Å². The summed E-state index contributed by atoms with van der Waals surface area (Å²) in [7, 11) is 0. The third-order valence-electron chi connectivity index (χ3n) is 4.45. The van der Waals surface area contributed by atoms with Crippen molar-refractivity contribution >= 4 is 15.9 Å². The van der Waals surface area contributed by atoms with Gasteiger partial charge in [0.25, 0.3) is 0 Å². The predicted molar refractivity (Wildman–Crippen MR) is 91.3 cm³/mol. The Hall–Kier alpha value is -0.340. The molecule has 1 fully saturated rings. The van der Waals surface area contributed by atoms with E-state index in [2.05, 4.69) is 66.3 Å². The Kier molecular flexibility index (Phi) is 5.30. The number of hydrogen-bond donors (Lipinski definition) is 1. The lowest BCUT2D eigenvalue weighted by Crippen LogP contribution is -2.46. The highest BCUT2D eigenvalue weighted by Gasteiger charge is 2.33. The van der Waals surface area contributed by atoms with E-state index in [4.69, 9.17) is 0 Å². The zero-order valence-corrected chi connectivity index (χ0v) is 14.7. The summed E-state index contributed by atoms with van der Waals surface area (Å²) in [5.74, 6) is 0. The van der Waals surface area contributed by atoms with Gasteiger partial charge in [0.05, 0.1) is 0 Å². The van der Waals surface area contributed by atoms with Crippen LogP contribution in [-0.4, -0.2) is 12.1 Å². The molecule has 0 amide bonds. The first-order chi connectivity index (χ1) is 9.41. The van der Waals surface area contributed by atoms with E-state index in [0.29, 0.717) is 5.41 Å². The standard InChI is InChI=1S/C18H28BrN/c1-17(2,3)20-14-18(11-6-4-5-7-12-18)15-9-8-10-16(19)13-15/h8-10,13,20H,4-7,11-12,14H2,1-3H3. The molecule has 1 N–H and O–H groups in total. The van der Waals surface area contributed by atoms with Gasteiger partial charge in [0, 0.05) is 22.0 Å². The molecule has 0 saturated heterocycles. The van der Waals surface area contributed by atoms with Crippen molar-refractivity contribution in [1.29, 1.82) is 0 Å². The van der Waals surface area contributed by atoms with Crippen LogP contribution in [0.3, 0.4) is 0 Å². The van der Waals surface area contributed by atoms with E-state index in [9.17, 15) is 0 Å². The van der Waals surface area contributed by atoms with Crippen molar-refractivity contribution in [1.82, 2.24) is 5.32 Å². The number of rotatable bonds is 3. The Balaban J connectivity index is 2.27. The molecule has 0 heterocycles. The molecule has 2 heteroatoms. The van der Waals surface area contributed by atoms with E-state index in [0.717, 1.165) is 6.54 Å². The molecular formula is C18H28BrN. The summed E-state index contributed by atoms with van der Waals surface area (Å²) in [6.07, 6.45) is 8.13. The van der Waals surface area contributed by atoms with Crippen molar-refractivity contribution in [2.24, 2.45) is 0 Å². The normalized spacial score (nSPS) is 19.6. The van der Waals surface area contributed by atoms with E-state index >= 15 is 0 Å². The smallest absolute Gasteiger partial charge is 0.0178 e. The van der Waals surface area contributed by atoms with Crippen molar-refractivity contribution < 1.29 is 0 Å². The molecule has 0 aliphatic heterocycles. The fraction of sp³-hybridized carbons (Fsp3) is 0.667. The summed E-state index contributed by atoms with van der Waals surface area (Å²) in [6.45, 7) is 7.88. The van der Waals surface area contributed by atoms with E-state index in [-0.39, 0.29) is 5.54 Å². The van der Waals surface area contributed by atoms with Crippen molar-refractivity contribution in [3.8, 4) is 0 Å². The van der Waals surface area contributed by atoms with E-state index < -0.39 is 0 Å². The Morgan fingerprint density at radius 1 is 1.10 bits per heavy atom. The molecule has 1 nitrogen and oxygen atoms in total. The minimum atomic E-state index is 0.186. The molecule has 0 unspecified atom stereocenters. The van der Waals surface area contributed by atoms with Crippen molar-refractivity contribution in [3.05, 3.63) is 34.3 Å². The monoisotopic (exact) mass is 337 g/mol. The van der Waals surface area contributed by atoms with Gasteiger partial charge in [-0.3, -0.25) is 0 Å². The molecule has 1 aromatic carbocycles. The molecular weight excluding hydrogens is 310 g/mol. The zero-order chi connectivity index (χ0) is 14.6. The Morgan fingerprint density at radius 3 is 2.30 bits per heavy atom. The average Bonchev–Trinajstić information content (AvgIpc) is 2.62. The van der Waals surface area contributed by atoms with E-state index in [1.807, 2.05) is 0 Å². The molecule has 0 spiro atoms. The highest BCUT2D eigenvalue weighted by atomic mass is 79.9. The topological polar surface area (TPSA) is 12.0 Å². The molecule has 0 atom stereocenters. The van der Waals surface area contributed by atoms with Crippen molar-refractivity contribution in [2.75, 3.05) is 6.54 Å². The second kappa shape index (κ2) is 6.62. The molecule has 1 aliphatic rings. The lowest BCUT2D eigenvalue weighted by Gasteiger charge is -2.37. The van der Waals surface area contributed by atoms with Gasteiger partial charge in [-0.05, 0) is 51.3 Å². The van der Waals surface area contributed by atoms with Crippen LogP contribution in [0, 0.1) is 0 Å². The first-order valence-corrected chi connectivity index (χ1v) is 8.72. The van der Waals surface area contributed by atoms with Crippen LogP contribution < -0.4 is 5.32 Å². The predicted octanol–water partition coefficient (Wildman–Crippen LogP) is 5.43. The fourth-order valence-electron chi connectivity index (χ4n) is 3.23. The molecule has 1 saturated carbocycles. The average molecular weight is 338 g/mol. The van der Waals surface area contributed by atoms with Crippen molar-refractivity contribution in [2.45, 2.75) is 70.3 Å². The van der Waals surface area contributed by atoms with Crippen LogP contribution in [0.25, 0.3) is 0 Å². The van der Waals surface area contributed by atoms with E-state index in [1.54, 1.807) is 0 Å². The zero-order valence-electron chi connectivity index (χ0n) is 13.1. The van der Waals surface area contributed by atoms with Gasteiger partial charge >= 0.3 is 0 Å². The summed E-state index contributed by atoms with van der Waals surface area (Å²) in [5, 5.41) is 3.76. The van der Waals surface area contributed by atoms with Crippen LogP contribution in [0.2, 0.25) is 0 Å². The third-order valence-corrected chi connectivity index (χ3v) is 4.95. The molecule has 112 valence electrons. The van der Waals surface area contributed by atoms with Crippen LogP contribution in [0.1, 0.15) is 64.9 Å². The molecule has 0 bridgehead atoms. The van der Waals surface area contributed by atoms with Gasteiger partial charge in [0.1, 0.15) is 0 Å². The minimum Gasteiger partial charge on any atom is -0.311 e. The summed E-state index contributed by atoms with van der Waals surface area (Å²) >= 11 is 3.64. The number of halogens is 1. The highest BCUT2D eigenvalue weighted by molar-refractivity contribution is 9.10. The second-order valence-corrected chi connectivity index (χ2v) is 8.22. The summed E-state index contributed by atoms with van der Waals surface area (Å²) < 4.78 is 1.20. The molecule has 20 heavy (non-hydrogen) atoms. The van der Waals surface area contributed by atoms with Gasteiger partial charge in [-0.25, -0.2) is 0 Å². The molecule has 0 aromatic heterocycles. The van der Waals surface area contributed by atoms with Gasteiger partial charge < -0.3 is 5.32 Å². The SMILES string of the molecule is CC(C)(C)NCC1(c2cccc(Br)c2)CCCCCC1. The van der Waals surface area contributed by atoms with E-state index in [1.165, 1.54) is 48.6 Å². The van der Waals surface area contributed by atoms with Crippen LogP contribution >= 0.6 is 15.9 Å². The quantitative estimate of drug-likeness (QED) is 0.725. The van der Waals surface area contributed by atoms with Crippen LogP contribution in [0.15, 0.2) is 28.7 Å². The lowest BCUT2D eigenvalue weighted by atomic mass is 9.74. The lowest BCUT2D eigenvalue weighted by molar-refractivity contribution is 0.300. The maximum atomic E-state index is 3.76. The number of benzene rings is 1. The molecule has 1 aliphatic carbocycles. The maximum absolute atomic E-state index is 3.76. The maximum Gasteiger partial charge on any atom is 0.0178 e. The van der Waals surface area contributed by atoms with Gasteiger partial charge in [-0.1, -0.05) is 53.7 Å². The molecule has 1 aromatic rings. The van der Waals surface area contributed by atoms with Crippen LogP contribution in [-0.2, 0) is 5.41 Å². The first kappa shape index (κ1) is 16.0. The fourth-order valence-corrected chi connectivity index (χ4v) is 3.62. The second-order valence-electron chi connectivity index (χ2n) is 7.31. The van der Waals surface area contributed by atoms with Gasteiger partial charge in [0.15, 0.2) is 0 Å². The number of nitrogens with one attached hydrogen (secondary N) is 1. The summed E-state index contributed by atoms with van der Waals surface area (Å²) in [6, 6.07) is 8.96. The van der Waals surface area contributed by atoms with Gasteiger partial charge in [0.2, 0.25) is 0 Å². The van der Waals surface area contributed by atoms with Crippen LogP contribution in [0.4, 0.5) is 0 Å². The highest BCUT2D eigenvalue weighted by Crippen LogP contribution is 2.39. The molecule has 0 radical (unpaired) electrons. The Bertz CT molecular complexity index is 425.